The van der Waals surface area contributed by atoms with Gasteiger partial charge in [0.05, 0.1) is 12.8 Å². The number of methoxy groups -OCH3 is 1. The molecule has 0 aliphatic rings. The predicted molar refractivity (Wildman–Crippen MR) is 116 cm³/mol. The molecule has 0 atom stereocenters. The van der Waals surface area contributed by atoms with Gasteiger partial charge in [-0.2, -0.15) is 0 Å². The van der Waals surface area contributed by atoms with Crippen LogP contribution in [-0.2, 0) is 11.3 Å². The lowest BCUT2D eigenvalue weighted by Gasteiger charge is -2.17. The van der Waals surface area contributed by atoms with Crippen LogP contribution in [-0.4, -0.2) is 18.0 Å². The van der Waals surface area contributed by atoms with Gasteiger partial charge in [0, 0.05) is 34.2 Å². The van der Waals surface area contributed by atoms with Crippen molar-refractivity contribution in [2.75, 3.05) is 17.7 Å². The van der Waals surface area contributed by atoms with Crippen LogP contribution in [0, 0.1) is 5.41 Å². The van der Waals surface area contributed by atoms with Crippen LogP contribution >= 0.6 is 11.3 Å². The molecule has 5 nitrogen and oxygen atoms in total. The molecule has 2 N–H and O–H groups in total. The molecule has 0 unspecified atom stereocenters. The quantitative estimate of drug-likeness (QED) is 0.585. The number of aromatic nitrogens is 1. The largest absolute Gasteiger partial charge is 0.496 e. The second-order valence-electron chi connectivity index (χ2n) is 7.48. The maximum Gasteiger partial charge on any atom is 0.229 e. The minimum Gasteiger partial charge on any atom is -0.496 e. The fourth-order valence-electron chi connectivity index (χ4n) is 2.55. The molecule has 2 aromatic carbocycles. The van der Waals surface area contributed by atoms with Crippen molar-refractivity contribution >= 4 is 28.1 Å². The number of amides is 1. The van der Waals surface area contributed by atoms with E-state index in [1.807, 2.05) is 74.7 Å². The van der Waals surface area contributed by atoms with Crippen LogP contribution in [0.1, 0.15) is 26.3 Å². The van der Waals surface area contributed by atoms with Gasteiger partial charge in [-0.25, -0.2) is 4.98 Å². The third-order valence-electron chi connectivity index (χ3n) is 4.25. The molecule has 3 rings (SSSR count). The van der Waals surface area contributed by atoms with Crippen LogP contribution in [0.25, 0.3) is 11.3 Å². The van der Waals surface area contributed by atoms with Gasteiger partial charge in [-0.15, -0.1) is 11.3 Å². The van der Waals surface area contributed by atoms with Gasteiger partial charge in [-0.05, 0) is 18.2 Å². The lowest BCUT2D eigenvalue weighted by molar-refractivity contribution is -0.123. The molecule has 6 heteroatoms. The second kappa shape index (κ2) is 8.44. The Hall–Kier alpha value is -2.86. The summed E-state index contributed by atoms with van der Waals surface area (Å²) in [6, 6.07) is 15.7. The van der Waals surface area contributed by atoms with Gasteiger partial charge >= 0.3 is 0 Å². The highest BCUT2D eigenvalue weighted by atomic mass is 32.1. The molecule has 1 heterocycles. The topological polar surface area (TPSA) is 63.2 Å². The van der Waals surface area contributed by atoms with Crippen LogP contribution in [0.3, 0.4) is 0 Å². The molecule has 3 aromatic rings. The minimum absolute atomic E-state index is 0.00302. The lowest BCUT2D eigenvalue weighted by atomic mass is 9.95. The number of ether oxygens (including phenoxy) is 1. The van der Waals surface area contributed by atoms with E-state index in [1.165, 1.54) is 0 Å². The number of carbonyl (C=O) groups is 1. The number of nitrogens with zero attached hydrogens (tertiary/aromatic N) is 1. The first kappa shape index (κ1) is 19.9. The Bertz CT molecular complexity index is 943. The number of para-hydroxylation sites is 1. The minimum atomic E-state index is -0.421. The summed E-state index contributed by atoms with van der Waals surface area (Å²) in [5.41, 5.74) is 3.36. The summed E-state index contributed by atoms with van der Waals surface area (Å²) in [6.07, 6.45) is 0. The Labute approximate surface area is 169 Å². The number of thiazole rings is 1. The van der Waals surface area contributed by atoms with E-state index in [9.17, 15) is 4.79 Å². The van der Waals surface area contributed by atoms with Gasteiger partial charge in [-0.3, -0.25) is 4.79 Å². The summed E-state index contributed by atoms with van der Waals surface area (Å²) in [6.45, 7) is 6.33. The number of hydrogen-bond acceptors (Lipinski definition) is 5. The Morgan fingerprint density at radius 2 is 1.82 bits per heavy atom. The number of rotatable bonds is 6. The molecule has 0 aliphatic carbocycles. The van der Waals surface area contributed by atoms with Gasteiger partial charge in [0.2, 0.25) is 5.91 Å². The Morgan fingerprint density at radius 1 is 1.11 bits per heavy atom. The Kier molecular flexibility index (Phi) is 5.99. The van der Waals surface area contributed by atoms with Crippen LogP contribution in [0.4, 0.5) is 10.8 Å². The third-order valence-corrected chi connectivity index (χ3v) is 5.05. The summed E-state index contributed by atoms with van der Waals surface area (Å²) < 4.78 is 5.38. The van der Waals surface area contributed by atoms with Crippen molar-refractivity contribution in [2.45, 2.75) is 27.3 Å². The highest BCUT2D eigenvalue weighted by Gasteiger charge is 2.21. The summed E-state index contributed by atoms with van der Waals surface area (Å²) in [5, 5.41) is 9.16. The standard InChI is InChI=1S/C22H25N3O2S/c1-22(2,3)20(26)24-17-11-9-15(10-12-17)18-14-28-21(25-18)23-13-16-7-5-6-8-19(16)27-4/h5-12,14H,13H2,1-4H3,(H,23,25)(H,24,26). The smallest absolute Gasteiger partial charge is 0.229 e. The zero-order valence-corrected chi connectivity index (χ0v) is 17.4. The Morgan fingerprint density at radius 3 is 2.50 bits per heavy atom. The van der Waals surface area contributed by atoms with Crippen molar-refractivity contribution in [2.24, 2.45) is 5.41 Å². The highest BCUT2D eigenvalue weighted by molar-refractivity contribution is 7.14. The van der Waals surface area contributed by atoms with Gasteiger partial charge in [0.15, 0.2) is 5.13 Å². The average molecular weight is 396 g/mol. The van der Waals surface area contributed by atoms with Crippen LogP contribution in [0.2, 0.25) is 0 Å². The van der Waals surface area contributed by atoms with Gasteiger partial charge in [0.25, 0.3) is 0 Å². The maximum atomic E-state index is 12.1. The van der Waals surface area contributed by atoms with Crippen LogP contribution in [0.15, 0.2) is 53.9 Å². The second-order valence-corrected chi connectivity index (χ2v) is 8.34. The van der Waals surface area contributed by atoms with E-state index < -0.39 is 5.41 Å². The van der Waals surface area contributed by atoms with Crippen molar-refractivity contribution in [3.63, 3.8) is 0 Å². The zero-order chi connectivity index (χ0) is 20.1. The molecule has 146 valence electrons. The van der Waals surface area contributed by atoms with E-state index in [4.69, 9.17) is 4.74 Å². The van der Waals surface area contributed by atoms with Crippen molar-refractivity contribution in [1.29, 1.82) is 0 Å². The average Bonchev–Trinajstić information content (AvgIpc) is 3.15. The first-order valence-corrected chi connectivity index (χ1v) is 9.98. The van der Waals surface area contributed by atoms with E-state index in [0.717, 1.165) is 33.4 Å². The van der Waals surface area contributed by atoms with Crippen molar-refractivity contribution in [1.82, 2.24) is 4.98 Å². The molecule has 1 amide bonds. The summed E-state index contributed by atoms with van der Waals surface area (Å²) >= 11 is 1.56. The van der Waals surface area contributed by atoms with Crippen molar-refractivity contribution in [3.8, 4) is 17.0 Å². The van der Waals surface area contributed by atoms with Gasteiger partial charge in [0.1, 0.15) is 5.75 Å². The predicted octanol–water partition coefficient (Wildman–Crippen LogP) is 5.42. The molecule has 1 aromatic heterocycles. The number of benzene rings is 2. The summed E-state index contributed by atoms with van der Waals surface area (Å²) in [7, 11) is 1.67. The molecule has 0 bridgehead atoms. The molecule has 0 fully saturated rings. The zero-order valence-electron chi connectivity index (χ0n) is 16.6. The van der Waals surface area contributed by atoms with Gasteiger partial charge < -0.3 is 15.4 Å². The van der Waals surface area contributed by atoms with E-state index in [2.05, 4.69) is 15.6 Å². The molecular weight excluding hydrogens is 370 g/mol. The summed E-state index contributed by atoms with van der Waals surface area (Å²) in [4.78, 5) is 16.7. The monoisotopic (exact) mass is 395 g/mol. The van der Waals surface area contributed by atoms with E-state index in [0.29, 0.717) is 6.54 Å². The van der Waals surface area contributed by atoms with Crippen LogP contribution < -0.4 is 15.4 Å². The Balaban J connectivity index is 1.64. The van der Waals surface area contributed by atoms with Crippen molar-refractivity contribution in [3.05, 3.63) is 59.5 Å². The molecule has 0 radical (unpaired) electrons. The SMILES string of the molecule is COc1ccccc1CNc1nc(-c2ccc(NC(=O)C(C)(C)C)cc2)cs1. The number of hydrogen-bond donors (Lipinski definition) is 2. The maximum absolute atomic E-state index is 12.1. The molecule has 0 spiro atoms. The number of anilines is 2. The first-order valence-electron chi connectivity index (χ1n) is 9.10. The molecule has 0 saturated heterocycles. The molecular formula is C22H25N3O2S. The van der Waals surface area contributed by atoms with E-state index >= 15 is 0 Å². The van der Waals surface area contributed by atoms with Crippen molar-refractivity contribution < 1.29 is 9.53 Å². The third kappa shape index (κ3) is 4.89. The fourth-order valence-corrected chi connectivity index (χ4v) is 3.27. The molecule has 28 heavy (non-hydrogen) atoms. The molecule has 0 aliphatic heterocycles. The van der Waals surface area contributed by atoms with E-state index in [1.54, 1.807) is 18.4 Å². The number of carbonyl (C=O) groups excluding carboxylic acids is 1. The normalized spacial score (nSPS) is 11.1. The number of nitrogens with one attached hydrogen (secondary N) is 2. The lowest BCUT2D eigenvalue weighted by Crippen LogP contribution is -2.27. The van der Waals surface area contributed by atoms with Gasteiger partial charge in [-0.1, -0.05) is 51.1 Å². The fraction of sp³-hybridized carbons (Fsp3) is 0.273. The summed E-state index contributed by atoms with van der Waals surface area (Å²) in [5.74, 6) is 0.858. The van der Waals surface area contributed by atoms with E-state index in [-0.39, 0.29) is 5.91 Å². The van der Waals surface area contributed by atoms with Crippen LogP contribution in [0.5, 0.6) is 5.75 Å². The highest BCUT2D eigenvalue weighted by Crippen LogP contribution is 2.27. The first-order chi connectivity index (χ1) is 13.4. The molecule has 0 saturated carbocycles.